The molecule has 0 aliphatic rings. The molecule has 0 unspecified atom stereocenters. The van der Waals surface area contributed by atoms with E-state index in [9.17, 15) is 13.2 Å². The van der Waals surface area contributed by atoms with Gasteiger partial charge >= 0.3 is 5.97 Å². The number of carboxylic acid groups (broad SMARTS) is 1. The van der Waals surface area contributed by atoms with E-state index in [1.807, 2.05) is 20.8 Å². The zero-order valence-electron chi connectivity index (χ0n) is 11.3. The fourth-order valence-corrected chi connectivity index (χ4v) is 4.75. The molecule has 7 heteroatoms. The summed E-state index contributed by atoms with van der Waals surface area (Å²) in [5.41, 5.74) is 0.703. The van der Waals surface area contributed by atoms with Crippen LogP contribution in [0, 0.1) is 0 Å². The van der Waals surface area contributed by atoms with Crippen molar-refractivity contribution < 1.29 is 18.3 Å². The van der Waals surface area contributed by atoms with Crippen molar-refractivity contribution in [3.05, 3.63) is 15.6 Å². The van der Waals surface area contributed by atoms with Crippen LogP contribution in [0.5, 0.6) is 0 Å². The third-order valence-corrected chi connectivity index (χ3v) is 5.49. The van der Waals surface area contributed by atoms with E-state index >= 15 is 0 Å². The summed E-state index contributed by atoms with van der Waals surface area (Å²) in [5.74, 6) is -0.787. The Kier molecular flexibility index (Phi) is 5.49. The Morgan fingerprint density at radius 1 is 1.42 bits per heavy atom. The third kappa shape index (κ3) is 4.91. The van der Waals surface area contributed by atoms with Crippen molar-refractivity contribution in [1.29, 1.82) is 0 Å². The smallest absolute Gasteiger partial charge is 0.308 e. The summed E-state index contributed by atoms with van der Waals surface area (Å²) in [6.45, 7) is 5.66. The maximum Gasteiger partial charge on any atom is 0.308 e. The monoisotopic (exact) mass is 305 g/mol. The lowest BCUT2D eigenvalue weighted by Gasteiger charge is -2.02. The summed E-state index contributed by atoms with van der Waals surface area (Å²) >= 11 is 1.20. The molecule has 0 aromatic carbocycles. The summed E-state index contributed by atoms with van der Waals surface area (Å²) in [6.07, 6.45) is 0.478. The Labute approximate surface area is 117 Å². The van der Waals surface area contributed by atoms with Crippen molar-refractivity contribution >= 4 is 27.1 Å². The molecule has 19 heavy (non-hydrogen) atoms. The van der Waals surface area contributed by atoms with Crippen LogP contribution in [0.3, 0.4) is 0 Å². The van der Waals surface area contributed by atoms with Gasteiger partial charge in [-0.05, 0) is 12.3 Å². The lowest BCUT2D eigenvalue weighted by molar-refractivity contribution is -0.136. The summed E-state index contributed by atoms with van der Waals surface area (Å²) < 4.78 is 23.5. The molecule has 0 amide bonds. The molecule has 1 rings (SSSR count). The third-order valence-electron chi connectivity index (χ3n) is 2.49. The highest BCUT2D eigenvalue weighted by molar-refractivity contribution is 7.90. The van der Waals surface area contributed by atoms with Gasteiger partial charge < -0.3 is 5.11 Å². The van der Waals surface area contributed by atoms with Gasteiger partial charge in [0.1, 0.15) is 10.8 Å². The van der Waals surface area contributed by atoms with Gasteiger partial charge in [0.2, 0.25) is 0 Å². The molecule has 1 N–H and O–H groups in total. The molecule has 0 saturated carbocycles. The number of hydrogen-bond acceptors (Lipinski definition) is 5. The average Bonchev–Trinajstić information content (AvgIpc) is 2.58. The zero-order chi connectivity index (χ0) is 14.6. The SMILES string of the molecule is CCCS(=O)(=O)Cc1nc(C(C)C)c(CC(=O)O)s1. The van der Waals surface area contributed by atoms with Crippen LogP contribution in [0.25, 0.3) is 0 Å². The standard InChI is InChI=1S/C12H19NO4S2/c1-4-5-19(16,17)7-10-13-12(8(2)3)9(18-10)6-11(14)15/h8H,4-7H2,1-3H3,(H,14,15). The van der Waals surface area contributed by atoms with E-state index in [1.54, 1.807) is 0 Å². The van der Waals surface area contributed by atoms with E-state index in [4.69, 9.17) is 5.11 Å². The summed E-state index contributed by atoms with van der Waals surface area (Å²) in [6, 6.07) is 0. The maximum absolute atomic E-state index is 11.8. The second-order valence-corrected chi connectivity index (χ2v) is 8.09. The molecule has 0 spiro atoms. The van der Waals surface area contributed by atoms with Crippen molar-refractivity contribution in [2.45, 2.75) is 45.3 Å². The van der Waals surface area contributed by atoms with Gasteiger partial charge in [0, 0.05) is 4.88 Å². The number of carboxylic acids is 1. The highest BCUT2D eigenvalue weighted by Gasteiger charge is 2.20. The lowest BCUT2D eigenvalue weighted by Crippen LogP contribution is -2.08. The molecule has 1 aromatic rings. The number of aliphatic carboxylic acids is 1. The average molecular weight is 305 g/mol. The minimum Gasteiger partial charge on any atom is -0.481 e. The van der Waals surface area contributed by atoms with Gasteiger partial charge in [0.15, 0.2) is 9.84 Å². The van der Waals surface area contributed by atoms with E-state index in [1.165, 1.54) is 11.3 Å². The molecular formula is C12H19NO4S2. The van der Waals surface area contributed by atoms with Gasteiger partial charge in [-0.3, -0.25) is 4.79 Å². The number of thiazole rings is 1. The van der Waals surface area contributed by atoms with Gasteiger partial charge in [-0.15, -0.1) is 11.3 Å². The lowest BCUT2D eigenvalue weighted by atomic mass is 10.1. The number of carbonyl (C=O) groups is 1. The molecule has 108 valence electrons. The van der Waals surface area contributed by atoms with Gasteiger partial charge in [-0.25, -0.2) is 13.4 Å². The molecule has 5 nitrogen and oxygen atoms in total. The van der Waals surface area contributed by atoms with Crippen LogP contribution in [-0.2, 0) is 26.8 Å². The zero-order valence-corrected chi connectivity index (χ0v) is 13.0. The van der Waals surface area contributed by atoms with Gasteiger partial charge in [0.25, 0.3) is 0 Å². The predicted octanol–water partition coefficient (Wildman–Crippen LogP) is 2.22. The van der Waals surface area contributed by atoms with Crippen molar-refractivity contribution in [3.8, 4) is 0 Å². The fourth-order valence-electron chi connectivity index (χ4n) is 1.76. The van der Waals surface area contributed by atoms with E-state index in [2.05, 4.69) is 4.98 Å². The molecular weight excluding hydrogens is 286 g/mol. The van der Waals surface area contributed by atoms with E-state index < -0.39 is 15.8 Å². The van der Waals surface area contributed by atoms with E-state index in [-0.39, 0.29) is 23.8 Å². The first-order valence-corrected chi connectivity index (χ1v) is 8.79. The Morgan fingerprint density at radius 3 is 2.53 bits per heavy atom. The quantitative estimate of drug-likeness (QED) is 0.835. The maximum atomic E-state index is 11.8. The van der Waals surface area contributed by atoms with Crippen LogP contribution in [0.15, 0.2) is 0 Å². The number of nitrogens with zero attached hydrogens (tertiary/aromatic N) is 1. The second kappa shape index (κ2) is 6.47. The number of rotatable bonds is 7. The summed E-state index contributed by atoms with van der Waals surface area (Å²) in [5, 5.41) is 9.35. The highest BCUT2D eigenvalue weighted by Crippen LogP contribution is 2.27. The van der Waals surface area contributed by atoms with Crippen LogP contribution >= 0.6 is 11.3 Å². The molecule has 0 aliphatic carbocycles. The topological polar surface area (TPSA) is 84.3 Å². The Bertz CT molecular complexity index is 546. The molecule has 0 bridgehead atoms. The van der Waals surface area contributed by atoms with Crippen LogP contribution in [0.1, 0.15) is 48.7 Å². The minimum atomic E-state index is -3.14. The van der Waals surface area contributed by atoms with Crippen LogP contribution < -0.4 is 0 Å². The first-order valence-electron chi connectivity index (χ1n) is 6.16. The van der Waals surface area contributed by atoms with Crippen LogP contribution in [-0.4, -0.2) is 30.2 Å². The van der Waals surface area contributed by atoms with Crippen molar-refractivity contribution in [2.24, 2.45) is 0 Å². The molecule has 0 radical (unpaired) electrons. The number of hydrogen-bond donors (Lipinski definition) is 1. The van der Waals surface area contributed by atoms with Gasteiger partial charge in [-0.2, -0.15) is 0 Å². The summed E-state index contributed by atoms with van der Waals surface area (Å²) in [7, 11) is -3.14. The number of sulfone groups is 1. The van der Waals surface area contributed by atoms with Crippen LogP contribution in [0.2, 0.25) is 0 Å². The second-order valence-electron chi connectivity index (χ2n) is 4.73. The van der Waals surface area contributed by atoms with Crippen LogP contribution in [0.4, 0.5) is 0 Å². The molecule has 0 aliphatic heterocycles. The van der Waals surface area contributed by atoms with E-state index in [0.29, 0.717) is 22.0 Å². The first-order chi connectivity index (χ1) is 8.75. The Balaban J connectivity index is 3.01. The molecule has 0 fully saturated rings. The van der Waals surface area contributed by atoms with Crippen molar-refractivity contribution in [3.63, 3.8) is 0 Å². The summed E-state index contributed by atoms with van der Waals surface area (Å²) in [4.78, 5) is 15.8. The molecule has 0 atom stereocenters. The minimum absolute atomic E-state index is 0.0910. The largest absolute Gasteiger partial charge is 0.481 e. The normalized spacial score (nSPS) is 12.0. The molecule has 1 heterocycles. The predicted molar refractivity (Wildman–Crippen MR) is 75.3 cm³/mol. The molecule has 1 aromatic heterocycles. The Hall–Kier alpha value is -0.950. The molecule has 0 saturated heterocycles. The highest BCUT2D eigenvalue weighted by atomic mass is 32.2. The number of aromatic nitrogens is 1. The first kappa shape index (κ1) is 16.1. The van der Waals surface area contributed by atoms with Gasteiger partial charge in [0.05, 0.1) is 17.9 Å². The van der Waals surface area contributed by atoms with Gasteiger partial charge in [-0.1, -0.05) is 20.8 Å². The fraction of sp³-hybridized carbons (Fsp3) is 0.667. The van der Waals surface area contributed by atoms with E-state index in [0.717, 1.165) is 0 Å². The van der Waals surface area contributed by atoms with Crippen molar-refractivity contribution in [2.75, 3.05) is 5.75 Å². The Morgan fingerprint density at radius 2 is 2.05 bits per heavy atom. The van der Waals surface area contributed by atoms with Crippen molar-refractivity contribution in [1.82, 2.24) is 4.98 Å².